The molecule has 4 aromatic rings. The lowest BCUT2D eigenvalue weighted by atomic mass is 10.0. The van der Waals surface area contributed by atoms with Gasteiger partial charge >= 0.3 is 0 Å². The summed E-state index contributed by atoms with van der Waals surface area (Å²) in [7, 11) is 0. The first-order valence-corrected chi connectivity index (χ1v) is 10.4. The molecule has 5 heteroatoms. The van der Waals surface area contributed by atoms with Gasteiger partial charge in [0.05, 0.1) is 11.7 Å². The van der Waals surface area contributed by atoms with E-state index in [0.717, 1.165) is 41.4 Å². The molecule has 0 spiro atoms. The zero-order valence-electron chi connectivity index (χ0n) is 15.9. The van der Waals surface area contributed by atoms with E-state index in [0.29, 0.717) is 6.54 Å². The lowest BCUT2D eigenvalue weighted by molar-refractivity contribution is 0.0952. The predicted octanol–water partition coefficient (Wildman–Crippen LogP) is 4.82. The van der Waals surface area contributed by atoms with Gasteiger partial charge in [-0.25, -0.2) is 0 Å². The van der Waals surface area contributed by atoms with E-state index in [-0.39, 0.29) is 5.91 Å². The highest BCUT2D eigenvalue weighted by Crippen LogP contribution is 2.18. The Morgan fingerprint density at radius 2 is 2.04 bits per heavy atom. The van der Waals surface area contributed by atoms with Crippen LogP contribution >= 0.6 is 11.3 Å². The Balaban J connectivity index is 1.35. The minimum absolute atomic E-state index is 0.00618. The van der Waals surface area contributed by atoms with Crippen molar-refractivity contribution in [3.8, 4) is 0 Å². The molecule has 0 unspecified atom stereocenters. The van der Waals surface area contributed by atoms with Crippen molar-refractivity contribution in [2.24, 2.45) is 0 Å². The average molecular weight is 390 g/mol. The Morgan fingerprint density at radius 3 is 2.89 bits per heavy atom. The van der Waals surface area contributed by atoms with Crippen LogP contribution in [0.4, 0.5) is 0 Å². The van der Waals surface area contributed by atoms with Crippen molar-refractivity contribution >= 4 is 28.1 Å². The van der Waals surface area contributed by atoms with Crippen LogP contribution in [0.15, 0.2) is 66.2 Å². The number of aromatic nitrogens is 2. The molecule has 0 aliphatic rings. The fourth-order valence-electron chi connectivity index (χ4n) is 3.38. The number of carbonyl (C=O) groups excluding carboxylic acids is 1. The summed E-state index contributed by atoms with van der Waals surface area (Å²) in [5.74, 6) is -0.00618. The maximum absolute atomic E-state index is 12.7. The molecule has 0 bridgehead atoms. The van der Waals surface area contributed by atoms with Crippen LogP contribution in [-0.4, -0.2) is 22.2 Å². The number of nitrogens with zero attached hydrogens (tertiary/aromatic N) is 2. The van der Waals surface area contributed by atoms with E-state index in [1.54, 1.807) is 11.3 Å². The lowest BCUT2D eigenvalue weighted by Crippen LogP contribution is -2.26. The van der Waals surface area contributed by atoms with Gasteiger partial charge in [0.2, 0.25) is 0 Å². The second-order valence-corrected chi connectivity index (χ2v) is 7.98. The summed E-state index contributed by atoms with van der Waals surface area (Å²) >= 11 is 1.72. The molecular formula is C23H23N3OS. The summed E-state index contributed by atoms with van der Waals surface area (Å²) < 4.78 is 2.01. The number of hydrogen-bond donors (Lipinski definition) is 1. The van der Waals surface area contributed by atoms with Crippen LogP contribution < -0.4 is 5.32 Å². The van der Waals surface area contributed by atoms with Gasteiger partial charge in [-0.15, -0.1) is 11.3 Å². The molecule has 2 aromatic heterocycles. The van der Waals surface area contributed by atoms with Crippen LogP contribution in [-0.2, 0) is 13.0 Å². The molecule has 2 heterocycles. The lowest BCUT2D eigenvalue weighted by Gasteiger charge is -2.10. The Hall–Kier alpha value is -2.92. The van der Waals surface area contributed by atoms with Gasteiger partial charge in [0, 0.05) is 35.3 Å². The highest BCUT2D eigenvalue weighted by atomic mass is 32.1. The summed E-state index contributed by atoms with van der Waals surface area (Å²) in [6.45, 7) is 3.49. The number of fused-ring (bicyclic) bond motifs is 1. The number of carbonyl (C=O) groups is 1. The molecule has 142 valence electrons. The van der Waals surface area contributed by atoms with Crippen molar-refractivity contribution < 1.29 is 4.79 Å². The van der Waals surface area contributed by atoms with Crippen LogP contribution in [0.3, 0.4) is 0 Å². The standard InChI is InChI=1S/C23H23N3OS/c1-17-9-10-19-16-25-26(22(19)14-17)12-5-11-24-23(27)21-8-3-2-6-18(21)15-20-7-4-13-28-20/h2-4,6-10,13-14,16H,5,11-12,15H2,1H3,(H,24,27). The van der Waals surface area contributed by atoms with Gasteiger partial charge in [-0.1, -0.05) is 36.4 Å². The number of rotatable bonds is 7. The van der Waals surface area contributed by atoms with Crippen LogP contribution in [0.25, 0.3) is 10.9 Å². The van der Waals surface area contributed by atoms with Gasteiger partial charge in [-0.3, -0.25) is 9.48 Å². The van der Waals surface area contributed by atoms with Crippen LogP contribution in [0.5, 0.6) is 0 Å². The van der Waals surface area contributed by atoms with Crippen molar-refractivity contribution in [2.45, 2.75) is 26.3 Å². The number of thiophene rings is 1. The Labute approximate surface area is 168 Å². The number of aryl methyl sites for hydroxylation is 2. The summed E-state index contributed by atoms with van der Waals surface area (Å²) in [6, 6.07) is 18.4. The fourth-order valence-corrected chi connectivity index (χ4v) is 4.11. The van der Waals surface area contributed by atoms with E-state index in [9.17, 15) is 4.79 Å². The molecule has 1 amide bonds. The van der Waals surface area contributed by atoms with E-state index < -0.39 is 0 Å². The number of benzene rings is 2. The van der Waals surface area contributed by atoms with Crippen LogP contribution in [0, 0.1) is 6.92 Å². The zero-order valence-corrected chi connectivity index (χ0v) is 16.7. The van der Waals surface area contributed by atoms with Gasteiger partial charge in [-0.2, -0.15) is 5.10 Å². The number of nitrogens with one attached hydrogen (secondary N) is 1. The summed E-state index contributed by atoms with van der Waals surface area (Å²) in [6.07, 6.45) is 3.53. The Bertz CT molecular complexity index is 1080. The zero-order chi connectivity index (χ0) is 19.3. The van der Waals surface area contributed by atoms with Gasteiger partial charge in [0.15, 0.2) is 0 Å². The SMILES string of the molecule is Cc1ccc2cnn(CCCNC(=O)c3ccccc3Cc3cccs3)c2c1. The second kappa shape index (κ2) is 8.40. The fraction of sp³-hybridized carbons (Fsp3) is 0.217. The number of hydrogen-bond acceptors (Lipinski definition) is 3. The van der Waals surface area contributed by atoms with Gasteiger partial charge < -0.3 is 5.32 Å². The highest BCUT2D eigenvalue weighted by molar-refractivity contribution is 7.09. The first-order valence-electron chi connectivity index (χ1n) is 9.51. The summed E-state index contributed by atoms with van der Waals surface area (Å²) in [5.41, 5.74) is 4.20. The number of amides is 1. The van der Waals surface area contributed by atoms with Crippen LogP contribution in [0.2, 0.25) is 0 Å². The van der Waals surface area contributed by atoms with Gasteiger partial charge in [-0.05, 0) is 48.1 Å². The monoisotopic (exact) mass is 389 g/mol. The van der Waals surface area contributed by atoms with Crippen molar-refractivity contribution in [3.05, 3.63) is 87.7 Å². The second-order valence-electron chi connectivity index (χ2n) is 6.95. The molecule has 0 saturated heterocycles. The first-order chi connectivity index (χ1) is 13.7. The molecule has 4 rings (SSSR count). The van der Waals surface area contributed by atoms with Gasteiger partial charge in [0.1, 0.15) is 0 Å². The van der Waals surface area contributed by atoms with E-state index in [2.05, 4.69) is 47.0 Å². The normalized spacial score (nSPS) is 11.0. The molecule has 4 nitrogen and oxygen atoms in total. The predicted molar refractivity (Wildman–Crippen MR) is 115 cm³/mol. The summed E-state index contributed by atoms with van der Waals surface area (Å²) in [5, 5.41) is 10.8. The largest absolute Gasteiger partial charge is 0.352 e. The van der Waals surface area contributed by atoms with Crippen molar-refractivity contribution in [3.63, 3.8) is 0 Å². The molecule has 0 radical (unpaired) electrons. The molecule has 0 atom stereocenters. The summed E-state index contributed by atoms with van der Waals surface area (Å²) in [4.78, 5) is 13.9. The molecule has 1 N–H and O–H groups in total. The Kier molecular flexibility index (Phi) is 5.53. The van der Waals surface area contributed by atoms with E-state index in [4.69, 9.17) is 0 Å². The van der Waals surface area contributed by atoms with Crippen molar-refractivity contribution in [1.29, 1.82) is 0 Å². The quantitative estimate of drug-likeness (QED) is 0.461. The molecule has 0 aliphatic carbocycles. The maximum Gasteiger partial charge on any atom is 0.251 e. The van der Waals surface area contributed by atoms with Crippen LogP contribution in [0.1, 0.15) is 32.8 Å². The van der Waals surface area contributed by atoms with Gasteiger partial charge in [0.25, 0.3) is 5.91 Å². The maximum atomic E-state index is 12.7. The minimum Gasteiger partial charge on any atom is -0.352 e. The van der Waals surface area contributed by atoms with E-state index in [1.807, 2.05) is 41.2 Å². The average Bonchev–Trinajstić information content (AvgIpc) is 3.35. The third kappa shape index (κ3) is 4.15. The highest BCUT2D eigenvalue weighted by Gasteiger charge is 2.11. The minimum atomic E-state index is -0.00618. The molecule has 0 saturated carbocycles. The third-order valence-electron chi connectivity index (χ3n) is 4.84. The smallest absolute Gasteiger partial charge is 0.251 e. The first kappa shape index (κ1) is 18.4. The molecule has 2 aromatic carbocycles. The molecule has 28 heavy (non-hydrogen) atoms. The molecule has 0 aliphatic heterocycles. The van der Waals surface area contributed by atoms with E-state index >= 15 is 0 Å². The van der Waals surface area contributed by atoms with Crippen molar-refractivity contribution in [2.75, 3.05) is 6.54 Å². The third-order valence-corrected chi connectivity index (χ3v) is 5.72. The Morgan fingerprint density at radius 1 is 1.14 bits per heavy atom. The van der Waals surface area contributed by atoms with E-state index in [1.165, 1.54) is 10.4 Å². The molecule has 0 fully saturated rings. The van der Waals surface area contributed by atoms with Crippen molar-refractivity contribution in [1.82, 2.24) is 15.1 Å². The topological polar surface area (TPSA) is 46.9 Å². The molecular weight excluding hydrogens is 366 g/mol.